The van der Waals surface area contributed by atoms with Gasteiger partial charge < -0.3 is 11.1 Å². The summed E-state index contributed by atoms with van der Waals surface area (Å²) in [4.78, 5) is 22.2. The number of amides is 2. The second-order valence-corrected chi connectivity index (χ2v) is 4.70. The van der Waals surface area contributed by atoms with Gasteiger partial charge in [0.2, 0.25) is 5.91 Å². The van der Waals surface area contributed by atoms with Gasteiger partial charge in [-0.2, -0.15) is 5.10 Å². The molecule has 1 aromatic carbocycles. The summed E-state index contributed by atoms with van der Waals surface area (Å²) in [6.45, 7) is 5.72. The Morgan fingerprint density at radius 3 is 2.60 bits per heavy atom. The first kappa shape index (κ1) is 15.7. The number of aryl methyl sites for hydroxylation is 2. The molecule has 0 unspecified atom stereocenters. The fourth-order valence-electron chi connectivity index (χ4n) is 1.68. The van der Waals surface area contributed by atoms with E-state index >= 15 is 0 Å². The maximum absolute atomic E-state index is 11.6. The molecule has 6 heteroatoms. The Morgan fingerprint density at radius 2 is 2.00 bits per heavy atom. The fraction of sp³-hybridized carbons (Fsp3) is 0.357. The molecule has 1 aromatic rings. The molecule has 2 amide bonds. The van der Waals surface area contributed by atoms with Crippen molar-refractivity contribution >= 4 is 23.2 Å². The van der Waals surface area contributed by atoms with Gasteiger partial charge in [0.1, 0.15) is 0 Å². The number of hydrazone groups is 1. The molecular weight excluding hydrogens is 256 g/mol. The van der Waals surface area contributed by atoms with Crippen LogP contribution in [0.5, 0.6) is 0 Å². The zero-order chi connectivity index (χ0) is 15.1. The number of hydrogen-bond acceptors (Lipinski definition) is 4. The summed E-state index contributed by atoms with van der Waals surface area (Å²) in [6.07, 6.45) is 0.0325. The lowest BCUT2D eigenvalue weighted by atomic mass is 10.1. The first-order valence-corrected chi connectivity index (χ1v) is 6.30. The van der Waals surface area contributed by atoms with Crippen LogP contribution in [-0.2, 0) is 9.59 Å². The molecule has 0 aliphatic rings. The minimum Gasteiger partial charge on any atom is -0.376 e. The summed E-state index contributed by atoms with van der Waals surface area (Å²) in [6, 6.07) is 5.94. The first-order valence-electron chi connectivity index (χ1n) is 6.30. The van der Waals surface area contributed by atoms with Crippen LogP contribution in [0.25, 0.3) is 0 Å². The zero-order valence-corrected chi connectivity index (χ0v) is 12.0. The molecule has 0 spiro atoms. The van der Waals surface area contributed by atoms with Crippen molar-refractivity contribution in [3.63, 3.8) is 0 Å². The SMILES string of the molecule is C/C(CC(N)=O)=N\NC(=O)CNc1ccc(C)cc1C. The van der Waals surface area contributed by atoms with Gasteiger partial charge in [0.05, 0.1) is 13.0 Å². The second-order valence-electron chi connectivity index (χ2n) is 4.70. The van der Waals surface area contributed by atoms with Crippen molar-refractivity contribution in [2.45, 2.75) is 27.2 Å². The Kier molecular flexibility index (Phi) is 5.71. The average Bonchev–Trinajstić information content (AvgIpc) is 2.34. The number of carbonyl (C=O) groups is 2. The Balaban J connectivity index is 2.45. The minimum atomic E-state index is -0.478. The van der Waals surface area contributed by atoms with E-state index in [1.165, 1.54) is 5.56 Å². The van der Waals surface area contributed by atoms with Gasteiger partial charge in [-0.25, -0.2) is 5.43 Å². The van der Waals surface area contributed by atoms with Gasteiger partial charge >= 0.3 is 0 Å². The molecule has 0 aliphatic heterocycles. The van der Waals surface area contributed by atoms with Crippen LogP contribution >= 0.6 is 0 Å². The van der Waals surface area contributed by atoms with Crippen LogP contribution in [-0.4, -0.2) is 24.1 Å². The number of primary amides is 1. The maximum atomic E-state index is 11.6. The summed E-state index contributed by atoms with van der Waals surface area (Å²) < 4.78 is 0. The molecule has 0 saturated heterocycles. The molecule has 0 aromatic heterocycles. The predicted molar refractivity (Wildman–Crippen MR) is 79.5 cm³/mol. The van der Waals surface area contributed by atoms with Gasteiger partial charge in [0.25, 0.3) is 5.91 Å². The van der Waals surface area contributed by atoms with Gasteiger partial charge in [0.15, 0.2) is 0 Å². The van der Waals surface area contributed by atoms with Crippen LogP contribution in [0.4, 0.5) is 5.69 Å². The number of anilines is 1. The lowest BCUT2D eigenvalue weighted by Gasteiger charge is -2.09. The lowest BCUT2D eigenvalue weighted by Crippen LogP contribution is -2.27. The van der Waals surface area contributed by atoms with Crippen molar-refractivity contribution in [3.05, 3.63) is 29.3 Å². The zero-order valence-electron chi connectivity index (χ0n) is 12.0. The van der Waals surface area contributed by atoms with E-state index in [-0.39, 0.29) is 18.9 Å². The van der Waals surface area contributed by atoms with E-state index < -0.39 is 5.91 Å². The van der Waals surface area contributed by atoms with Gasteiger partial charge in [0, 0.05) is 11.4 Å². The molecule has 108 valence electrons. The van der Waals surface area contributed by atoms with E-state index in [1.54, 1.807) is 6.92 Å². The van der Waals surface area contributed by atoms with Gasteiger partial charge in [-0.15, -0.1) is 0 Å². The van der Waals surface area contributed by atoms with Crippen molar-refractivity contribution in [1.29, 1.82) is 0 Å². The van der Waals surface area contributed by atoms with E-state index in [0.29, 0.717) is 5.71 Å². The fourth-order valence-corrected chi connectivity index (χ4v) is 1.68. The summed E-state index contributed by atoms with van der Waals surface area (Å²) in [5, 5.41) is 6.82. The molecule has 0 heterocycles. The molecule has 6 nitrogen and oxygen atoms in total. The van der Waals surface area contributed by atoms with Crippen molar-refractivity contribution in [3.8, 4) is 0 Å². The summed E-state index contributed by atoms with van der Waals surface area (Å²) in [5.74, 6) is -0.761. The van der Waals surface area contributed by atoms with Crippen LogP contribution in [0.3, 0.4) is 0 Å². The average molecular weight is 276 g/mol. The van der Waals surface area contributed by atoms with Crippen LogP contribution in [0.2, 0.25) is 0 Å². The molecule has 0 saturated carbocycles. The van der Waals surface area contributed by atoms with Crippen molar-refractivity contribution in [2.75, 3.05) is 11.9 Å². The standard InChI is InChI=1S/C14H20N4O2/c1-9-4-5-12(10(2)6-9)16-8-14(20)18-17-11(3)7-13(15)19/h4-6,16H,7-8H2,1-3H3,(H2,15,19)(H,18,20)/b17-11+. The maximum Gasteiger partial charge on any atom is 0.259 e. The summed E-state index contributed by atoms with van der Waals surface area (Å²) in [7, 11) is 0. The highest BCUT2D eigenvalue weighted by Gasteiger charge is 2.03. The van der Waals surface area contributed by atoms with Crippen molar-refractivity contribution in [1.82, 2.24) is 5.43 Å². The number of nitrogens with two attached hydrogens (primary N) is 1. The quantitative estimate of drug-likeness (QED) is 0.536. The topological polar surface area (TPSA) is 96.6 Å². The van der Waals surface area contributed by atoms with Crippen LogP contribution < -0.4 is 16.5 Å². The first-order chi connectivity index (χ1) is 9.38. The van der Waals surface area contributed by atoms with E-state index in [9.17, 15) is 9.59 Å². The highest BCUT2D eigenvalue weighted by Crippen LogP contribution is 2.15. The molecule has 0 radical (unpaired) electrons. The summed E-state index contributed by atoms with van der Waals surface area (Å²) in [5.41, 5.74) is 11.0. The van der Waals surface area contributed by atoms with Gasteiger partial charge in [-0.1, -0.05) is 17.7 Å². The number of benzene rings is 1. The Hall–Kier alpha value is -2.37. The third kappa shape index (κ3) is 5.51. The van der Waals surface area contributed by atoms with Crippen LogP contribution in [0.1, 0.15) is 24.5 Å². The Labute approximate surface area is 118 Å². The smallest absolute Gasteiger partial charge is 0.259 e. The molecule has 20 heavy (non-hydrogen) atoms. The molecule has 0 atom stereocenters. The second kappa shape index (κ2) is 7.28. The van der Waals surface area contributed by atoms with E-state index in [2.05, 4.69) is 15.8 Å². The molecule has 0 fully saturated rings. The monoisotopic (exact) mass is 276 g/mol. The lowest BCUT2D eigenvalue weighted by molar-refractivity contribution is -0.119. The van der Waals surface area contributed by atoms with Crippen LogP contribution in [0, 0.1) is 13.8 Å². The van der Waals surface area contributed by atoms with Gasteiger partial charge in [-0.3, -0.25) is 9.59 Å². The van der Waals surface area contributed by atoms with Crippen molar-refractivity contribution < 1.29 is 9.59 Å². The van der Waals surface area contributed by atoms with E-state index in [1.807, 2.05) is 32.0 Å². The number of nitrogens with one attached hydrogen (secondary N) is 2. The van der Waals surface area contributed by atoms with Crippen molar-refractivity contribution in [2.24, 2.45) is 10.8 Å². The molecule has 1 rings (SSSR count). The third-order valence-electron chi connectivity index (χ3n) is 2.62. The van der Waals surface area contributed by atoms with Gasteiger partial charge in [-0.05, 0) is 32.4 Å². The largest absolute Gasteiger partial charge is 0.376 e. The number of nitrogens with zero attached hydrogens (tertiary/aromatic N) is 1. The Morgan fingerprint density at radius 1 is 1.30 bits per heavy atom. The Bertz CT molecular complexity index is 538. The number of carbonyl (C=O) groups excluding carboxylic acids is 2. The predicted octanol–water partition coefficient (Wildman–Crippen LogP) is 1.08. The molecule has 0 aliphatic carbocycles. The number of rotatable bonds is 6. The molecule has 0 bridgehead atoms. The molecule has 4 N–H and O–H groups in total. The highest BCUT2D eigenvalue weighted by atomic mass is 16.2. The minimum absolute atomic E-state index is 0.0325. The highest BCUT2D eigenvalue weighted by molar-refractivity contribution is 5.99. The van der Waals surface area contributed by atoms with Crippen LogP contribution in [0.15, 0.2) is 23.3 Å². The third-order valence-corrected chi connectivity index (χ3v) is 2.62. The van der Waals surface area contributed by atoms with E-state index in [4.69, 9.17) is 5.73 Å². The normalized spacial score (nSPS) is 11.1. The number of hydrogen-bond donors (Lipinski definition) is 3. The summed E-state index contributed by atoms with van der Waals surface area (Å²) >= 11 is 0. The van der Waals surface area contributed by atoms with E-state index in [0.717, 1.165) is 11.3 Å². The molecular formula is C14H20N4O2.